The maximum absolute atomic E-state index is 11.3. The lowest BCUT2D eigenvalue weighted by Gasteiger charge is -2.32. The number of hydrogen-bond acceptors (Lipinski definition) is 5. The van der Waals surface area contributed by atoms with Crippen molar-refractivity contribution in [1.82, 2.24) is 0 Å². The van der Waals surface area contributed by atoms with E-state index >= 15 is 0 Å². The highest BCUT2D eigenvalue weighted by Gasteiger charge is 2.29. The van der Waals surface area contributed by atoms with Crippen molar-refractivity contribution in [3.05, 3.63) is 24.3 Å². The molecule has 1 aromatic carbocycles. The van der Waals surface area contributed by atoms with E-state index in [2.05, 4.69) is 5.32 Å². The largest absolute Gasteiger partial charge is 0.388 e. The van der Waals surface area contributed by atoms with Crippen LogP contribution >= 0.6 is 0 Å². The molecule has 6 heteroatoms. The summed E-state index contributed by atoms with van der Waals surface area (Å²) in [5, 5.41) is 13.4. The number of anilines is 1. The number of rotatable bonds is 4. The SMILES string of the molecule is CS(=O)(=O)c1ccc(NCC2(O)CCOCC2)cc1. The van der Waals surface area contributed by atoms with Crippen molar-refractivity contribution >= 4 is 15.5 Å². The smallest absolute Gasteiger partial charge is 0.175 e. The molecule has 2 N–H and O–H groups in total. The van der Waals surface area contributed by atoms with Crippen LogP contribution in [0.1, 0.15) is 12.8 Å². The molecule has 0 radical (unpaired) electrons. The Morgan fingerprint density at radius 3 is 2.37 bits per heavy atom. The second-order valence-electron chi connectivity index (χ2n) is 4.99. The molecule has 0 saturated carbocycles. The highest BCUT2D eigenvalue weighted by atomic mass is 32.2. The molecule has 0 unspecified atom stereocenters. The molecule has 1 aliphatic heterocycles. The monoisotopic (exact) mass is 285 g/mol. The molecule has 0 atom stereocenters. The molecule has 0 amide bonds. The third kappa shape index (κ3) is 3.92. The van der Waals surface area contributed by atoms with Gasteiger partial charge in [-0.1, -0.05) is 0 Å². The van der Waals surface area contributed by atoms with Crippen LogP contribution in [0.5, 0.6) is 0 Å². The van der Waals surface area contributed by atoms with Crippen molar-refractivity contribution in [3.8, 4) is 0 Å². The first-order valence-electron chi connectivity index (χ1n) is 6.23. The van der Waals surface area contributed by atoms with Crippen molar-refractivity contribution in [3.63, 3.8) is 0 Å². The molecule has 1 heterocycles. The zero-order valence-corrected chi connectivity index (χ0v) is 11.7. The van der Waals surface area contributed by atoms with Crippen LogP contribution in [-0.2, 0) is 14.6 Å². The summed E-state index contributed by atoms with van der Waals surface area (Å²) in [6.45, 7) is 1.59. The number of hydrogen-bond donors (Lipinski definition) is 2. The summed E-state index contributed by atoms with van der Waals surface area (Å²) in [4.78, 5) is 0.294. The van der Waals surface area contributed by atoms with Crippen LogP contribution in [0.4, 0.5) is 5.69 Å². The summed E-state index contributed by atoms with van der Waals surface area (Å²) in [7, 11) is -3.16. The van der Waals surface area contributed by atoms with E-state index in [-0.39, 0.29) is 0 Å². The van der Waals surface area contributed by atoms with E-state index in [4.69, 9.17) is 4.74 Å². The molecular weight excluding hydrogens is 266 g/mol. The Morgan fingerprint density at radius 1 is 1.26 bits per heavy atom. The average Bonchev–Trinajstić information content (AvgIpc) is 2.37. The fourth-order valence-electron chi connectivity index (χ4n) is 2.01. The van der Waals surface area contributed by atoms with Crippen molar-refractivity contribution in [2.75, 3.05) is 31.3 Å². The summed E-state index contributed by atoms with van der Waals surface area (Å²) < 4.78 is 27.9. The van der Waals surface area contributed by atoms with Crippen LogP contribution in [0, 0.1) is 0 Å². The first kappa shape index (κ1) is 14.3. The molecule has 5 nitrogen and oxygen atoms in total. The van der Waals surface area contributed by atoms with E-state index in [1.165, 1.54) is 6.26 Å². The van der Waals surface area contributed by atoms with Crippen LogP contribution in [0.15, 0.2) is 29.2 Å². The average molecular weight is 285 g/mol. The molecule has 19 heavy (non-hydrogen) atoms. The van der Waals surface area contributed by atoms with Gasteiger partial charge < -0.3 is 15.2 Å². The third-order valence-corrected chi connectivity index (χ3v) is 4.46. The van der Waals surface area contributed by atoms with E-state index in [0.717, 1.165) is 5.69 Å². The van der Waals surface area contributed by atoms with E-state index in [1.54, 1.807) is 24.3 Å². The molecule has 2 rings (SSSR count). The first-order valence-corrected chi connectivity index (χ1v) is 8.12. The van der Waals surface area contributed by atoms with Gasteiger partial charge in [0, 0.05) is 44.5 Å². The van der Waals surface area contributed by atoms with Crippen LogP contribution < -0.4 is 5.32 Å². The second-order valence-corrected chi connectivity index (χ2v) is 7.00. The fraction of sp³-hybridized carbons (Fsp3) is 0.538. The van der Waals surface area contributed by atoms with Gasteiger partial charge in [-0.05, 0) is 24.3 Å². The summed E-state index contributed by atoms with van der Waals surface area (Å²) >= 11 is 0. The molecule has 0 aromatic heterocycles. The van der Waals surface area contributed by atoms with E-state index in [9.17, 15) is 13.5 Å². The van der Waals surface area contributed by atoms with Crippen molar-refractivity contribution in [2.45, 2.75) is 23.3 Å². The first-order chi connectivity index (χ1) is 8.89. The molecule has 1 saturated heterocycles. The lowest BCUT2D eigenvalue weighted by Crippen LogP contribution is -2.42. The number of aliphatic hydroxyl groups is 1. The molecule has 1 aromatic rings. The van der Waals surface area contributed by atoms with Gasteiger partial charge in [-0.15, -0.1) is 0 Å². The minimum Gasteiger partial charge on any atom is -0.388 e. The van der Waals surface area contributed by atoms with Gasteiger partial charge in [0.2, 0.25) is 0 Å². The minimum absolute atomic E-state index is 0.294. The Bertz CT molecular complexity index is 518. The molecule has 0 bridgehead atoms. The maximum atomic E-state index is 11.3. The van der Waals surface area contributed by atoms with Gasteiger partial charge >= 0.3 is 0 Å². The summed E-state index contributed by atoms with van der Waals surface area (Å²) in [6.07, 6.45) is 2.41. The van der Waals surface area contributed by atoms with Gasteiger partial charge in [0.25, 0.3) is 0 Å². The van der Waals surface area contributed by atoms with E-state index in [1.807, 2.05) is 0 Å². The standard InChI is InChI=1S/C13H19NO4S/c1-19(16,17)12-4-2-11(3-5-12)14-10-13(15)6-8-18-9-7-13/h2-5,14-15H,6-10H2,1H3. The maximum Gasteiger partial charge on any atom is 0.175 e. The van der Waals surface area contributed by atoms with Crippen LogP contribution in [0.2, 0.25) is 0 Å². The van der Waals surface area contributed by atoms with Gasteiger partial charge in [0.15, 0.2) is 9.84 Å². The zero-order chi connectivity index (χ0) is 13.9. The third-order valence-electron chi connectivity index (χ3n) is 3.33. The Labute approximate surface area is 113 Å². The van der Waals surface area contributed by atoms with Crippen LogP contribution in [-0.4, -0.2) is 45.1 Å². The Morgan fingerprint density at radius 2 is 1.84 bits per heavy atom. The highest BCUT2D eigenvalue weighted by Crippen LogP contribution is 2.21. The van der Waals surface area contributed by atoms with Crippen molar-refractivity contribution < 1.29 is 18.3 Å². The van der Waals surface area contributed by atoms with Gasteiger partial charge in [-0.25, -0.2) is 8.42 Å². The lowest BCUT2D eigenvalue weighted by atomic mass is 9.94. The molecule has 1 aliphatic rings. The zero-order valence-electron chi connectivity index (χ0n) is 10.9. The summed E-state index contributed by atoms with van der Waals surface area (Å²) in [5.74, 6) is 0. The van der Waals surface area contributed by atoms with Gasteiger partial charge in [-0.2, -0.15) is 0 Å². The molecular formula is C13H19NO4S. The van der Waals surface area contributed by atoms with Crippen LogP contribution in [0.25, 0.3) is 0 Å². The quantitative estimate of drug-likeness (QED) is 0.864. The van der Waals surface area contributed by atoms with Crippen LogP contribution in [0.3, 0.4) is 0 Å². The molecule has 0 spiro atoms. The Balaban J connectivity index is 1.96. The number of benzene rings is 1. The topological polar surface area (TPSA) is 75.6 Å². The molecule has 106 valence electrons. The summed E-state index contributed by atoms with van der Waals surface area (Å²) in [5.41, 5.74) is 0.0561. The van der Waals surface area contributed by atoms with E-state index in [0.29, 0.717) is 37.5 Å². The predicted octanol–water partition coefficient (Wildman–Crippen LogP) is 1.04. The van der Waals surface area contributed by atoms with Crippen molar-refractivity contribution in [1.29, 1.82) is 0 Å². The lowest BCUT2D eigenvalue weighted by molar-refractivity contribution is -0.0543. The Hall–Kier alpha value is -1.11. The van der Waals surface area contributed by atoms with Gasteiger partial charge in [0.1, 0.15) is 0 Å². The second kappa shape index (κ2) is 5.48. The van der Waals surface area contributed by atoms with Gasteiger partial charge in [0.05, 0.1) is 10.5 Å². The van der Waals surface area contributed by atoms with E-state index < -0.39 is 15.4 Å². The minimum atomic E-state index is -3.16. The fourth-order valence-corrected chi connectivity index (χ4v) is 2.65. The van der Waals surface area contributed by atoms with Crippen molar-refractivity contribution in [2.24, 2.45) is 0 Å². The normalized spacial score (nSPS) is 19.1. The number of nitrogens with one attached hydrogen (secondary N) is 1. The predicted molar refractivity (Wildman–Crippen MR) is 73.0 cm³/mol. The molecule has 1 fully saturated rings. The molecule has 0 aliphatic carbocycles. The summed E-state index contributed by atoms with van der Waals surface area (Å²) in [6, 6.07) is 6.54. The highest BCUT2D eigenvalue weighted by molar-refractivity contribution is 7.90. The Kier molecular flexibility index (Phi) is 4.13. The number of sulfone groups is 1. The number of ether oxygens (including phenoxy) is 1. The van der Waals surface area contributed by atoms with Gasteiger partial charge in [-0.3, -0.25) is 0 Å².